The highest BCUT2D eigenvalue weighted by Gasteiger charge is 2.27. The molecule has 2 aromatic rings. The van der Waals surface area contributed by atoms with Crippen LogP contribution in [0, 0.1) is 0 Å². The first-order valence-electron chi connectivity index (χ1n) is 6.82. The molecular weight excluding hydrogens is 286 g/mol. The van der Waals surface area contributed by atoms with Gasteiger partial charge in [0.15, 0.2) is 11.5 Å². The Hall–Kier alpha value is -2.83. The Morgan fingerprint density at radius 2 is 2.23 bits per heavy atom. The summed E-state index contributed by atoms with van der Waals surface area (Å²) in [6.45, 7) is -0.228. The van der Waals surface area contributed by atoms with E-state index in [1.807, 2.05) is 18.2 Å². The Balaban J connectivity index is 1.93. The van der Waals surface area contributed by atoms with E-state index >= 15 is 0 Å². The normalized spacial score (nSPS) is 12.2. The number of amides is 2. The second-order valence-electron chi connectivity index (χ2n) is 5.01. The van der Waals surface area contributed by atoms with Crippen LogP contribution in [0.4, 0.5) is 0 Å². The fourth-order valence-electron chi connectivity index (χ4n) is 2.57. The van der Waals surface area contributed by atoms with Crippen LogP contribution in [0.2, 0.25) is 0 Å². The van der Waals surface area contributed by atoms with Crippen LogP contribution in [-0.2, 0) is 17.6 Å². The number of rotatable bonds is 4. The van der Waals surface area contributed by atoms with Gasteiger partial charge in [-0.1, -0.05) is 5.16 Å². The highest BCUT2D eigenvalue weighted by atomic mass is 16.5. The fourth-order valence-corrected chi connectivity index (χ4v) is 2.57. The number of hydrogen-bond donors (Lipinski definition) is 2. The van der Waals surface area contributed by atoms with Gasteiger partial charge in [0.25, 0.3) is 5.91 Å². The van der Waals surface area contributed by atoms with Crippen LogP contribution in [0.15, 0.2) is 22.7 Å². The van der Waals surface area contributed by atoms with Crippen molar-refractivity contribution in [3.63, 3.8) is 0 Å². The van der Waals surface area contributed by atoms with Crippen molar-refractivity contribution in [1.82, 2.24) is 10.5 Å². The summed E-state index contributed by atoms with van der Waals surface area (Å²) < 4.78 is 10.6. The molecule has 0 spiro atoms. The number of ether oxygens (including phenoxy) is 1. The molecule has 22 heavy (non-hydrogen) atoms. The third-order valence-corrected chi connectivity index (χ3v) is 3.63. The van der Waals surface area contributed by atoms with Gasteiger partial charge < -0.3 is 20.3 Å². The molecule has 114 valence electrons. The molecule has 3 rings (SSSR count). The quantitative estimate of drug-likeness (QED) is 0.862. The van der Waals surface area contributed by atoms with E-state index in [-0.39, 0.29) is 12.2 Å². The lowest BCUT2D eigenvalue weighted by Gasteiger charge is -2.15. The maximum Gasteiger partial charge on any atom is 0.274 e. The van der Waals surface area contributed by atoms with Crippen molar-refractivity contribution in [2.45, 2.75) is 12.8 Å². The molecule has 3 N–H and O–H groups in total. The number of nitrogens with one attached hydrogen (secondary N) is 1. The summed E-state index contributed by atoms with van der Waals surface area (Å²) in [6, 6.07) is 5.68. The lowest BCUT2D eigenvalue weighted by Crippen LogP contribution is -2.34. The van der Waals surface area contributed by atoms with Crippen molar-refractivity contribution < 1.29 is 18.8 Å². The maximum atomic E-state index is 12.0. The summed E-state index contributed by atoms with van der Waals surface area (Å²) in [5.41, 5.74) is 7.96. The molecule has 0 saturated heterocycles. The molecule has 7 heteroatoms. The maximum absolute atomic E-state index is 12.0. The van der Waals surface area contributed by atoms with Crippen molar-refractivity contribution in [3.05, 3.63) is 35.0 Å². The second kappa shape index (κ2) is 5.51. The molecule has 0 bridgehead atoms. The van der Waals surface area contributed by atoms with Crippen LogP contribution < -0.4 is 15.8 Å². The van der Waals surface area contributed by atoms with Gasteiger partial charge in [-0.2, -0.15) is 0 Å². The number of nitrogens with two attached hydrogens (primary N) is 1. The van der Waals surface area contributed by atoms with Gasteiger partial charge in [-0.25, -0.2) is 0 Å². The Morgan fingerprint density at radius 1 is 1.41 bits per heavy atom. The van der Waals surface area contributed by atoms with Crippen molar-refractivity contribution in [3.8, 4) is 17.1 Å². The van der Waals surface area contributed by atoms with Crippen LogP contribution in [0.5, 0.6) is 5.75 Å². The first-order valence-corrected chi connectivity index (χ1v) is 6.82. The molecule has 0 fully saturated rings. The van der Waals surface area contributed by atoms with Gasteiger partial charge in [0.05, 0.1) is 13.7 Å². The number of benzene rings is 1. The third kappa shape index (κ3) is 2.41. The van der Waals surface area contributed by atoms with Crippen LogP contribution >= 0.6 is 0 Å². The predicted molar refractivity (Wildman–Crippen MR) is 77.4 cm³/mol. The minimum Gasteiger partial charge on any atom is -0.497 e. The van der Waals surface area contributed by atoms with Gasteiger partial charge in [-0.15, -0.1) is 0 Å². The van der Waals surface area contributed by atoms with Crippen molar-refractivity contribution in [2.75, 3.05) is 13.7 Å². The standard InChI is InChI=1S/C15H15N3O4/c1-21-9-3-5-10-8(6-9)2-4-11-13(18-22-14(10)11)15(20)17-7-12(16)19/h3,5-6H,2,4,7H2,1H3,(H2,16,19)(H,17,20). The van der Waals surface area contributed by atoms with E-state index in [9.17, 15) is 9.59 Å². The van der Waals surface area contributed by atoms with E-state index < -0.39 is 11.8 Å². The topological polar surface area (TPSA) is 107 Å². The zero-order valence-corrected chi connectivity index (χ0v) is 12.0. The average Bonchev–Trinajstić information content (AvgIpc) is 2.96. The lowest BCUT2D eigenvalue weighted by molar-refractivity contribution is -0.117. The molecule has 0 unspecified atom stereocenters. The molecule has 0 atom stereocenters. The molecule has 1 aromatic heterocycles. The van der Waals surface area contributed by atoms with Gasteiger partial charge in [-0.3, -0.25) is 9.59 Å². The van der Waals surface area contributed by atoms with Crippen molar-refractivity contribution in [2.24, 2.45) is 5.73 Å². The first-order chi connectivity index (χ1) is 10.6. The van der Waals surface area contributed by atoms with Crippen LogP contribution in [0.3, 0.4) is 0 Å². The summed E-state index contributed by atoms with van der Waals surface area (Å²) in [5, 5.41) is 6.27. The van der Waals surface area contributed by atoms with E-state index in [0.717, 1.165) is 28.9 Å². The van der Waals surface area contributed by atoms with Crippen molar-refractivity contribution in [1.29, 1.82) is 0 Å². The van der Waals surface area contributed by atoms with E-state index in [2.05, 4.69) is 10.5 Å². The van der Waals surface area contributed by atoms with E-state index in [1.54, 1.807) is 7.11 Å². The smallest absolute Gasteiger partial charge is 0.274 e. The largest absolute Gasteiger partial charge is 0.497 e. The van der Waals surface area contributed by atoms with E-state index in [0.29, 0.717) is 12.2 Å². The van der Waals surface area contributed by atoms with E-state index in [4.69, 9.17) is 15.0 Å². The molecule has 0 saturated carbocycles. The van der Waals surface area contributed by atoms with Gasteiger partial charge in [-0.05, 0) is 36.6 Å². The zero-order chi connectivity index (χ0) is 15.7. The van der Waals surface area contributed by atoms with Gasteiger partial charge in [0.1, 0.15) is 5.75 Å². The average molecular weight is 301 g/mol. The molecular formula is C15H15N3O4. The predicted octanol–water partition coefficient (Wildman–Crippen LogP) is 0.664. The Kier molecular flexibility index (Phi) is 3.54. The number of aryl methyl sites for hydroxylation is 1. The number of carbonyl (C=O) groups excluding carboxylic acids is 2. The fraction of sp³-hybridized carbons (Fsp3) is 0.267. The Labute approximate surface area is 126 Å². The van der Waals surface area contributed by atoms with Gasteiger partial charge in [0, 0.05) is 11.1 Å². The number of carbonyl (C=O) groups is 2. The Bertz CT molecular complexity index is 751. The molecule has 1 aliphatic rings. The second-order valence-corrected chi connectivity index (χ2v) is 5.01. The summed E-state index contributed by atoms with van der Waals surface area (Å²) in [4.78, 5) is 22.8. The number of nitrogens with zero attached hydrogens (tertiary/aromatic N) is 1. The first kappa shape index (κ1) is 14.1. The lowest BCUT2D eigenvalue weighted by atomic mass is 9.89. The number of aromatic nitrogens is 1. The highest BCUT2D eigenvalue weighted by Crippen LogP contribution is 2.36. The Morgan fingerprint density at radius 3 is 2.95 bits per heavy atom. The minimum absolute atomic E-state index is 0.206. The third-order valence-electron chi connectivity index (χ3n) is 3.63. The van der Waals surface area contributed by atoms with E-state index in [1.165, 1.54) is 0 Å². The van der Waals surface area contributed by atoms with Crippen LogP contribution in [0.1, 0.15) is 21.6 Å². The summed E-state index contributed by atoms with van der Waals surface area (Å²) in [7, 11) is 1.62. The molecule has 2 amide bonds. The summed E-state index contributed by atoms with van der Waals surface area (Å²) in [6.07, 6.45) is 1.40. The number of fused-ring (bicyclic) bond motifs is 3. The van der Waals surface area contributed by atoms with Crippen LogP contribution in [0.25, 0.3) is 11.3 Å². The molecule has 1 aromatic carbocycles. The monoisotopic (exact) mass is 301 g/mol. The molecule has 7 nitrogen and oxygen atoms in total. The van der Waals surface area contributed by atoms with Crippen LogP contribution in [-0.4, -0.2) is 30.6 Å². The van der Waals surface area contributed by atoms with Crippen molar-refractivity contribution >= 4 is 11.8 Å². The SMILES string of the molecule is COc1ccc2c(c1)CCc1c(C(=O)NCC(N)=O)noc1-2. The molecule has 0 aliphatic heterocycles. The van der Waals surface area contributed by atoms with Gasteiger partial charge >= 0.3 is 0 Å². The minimum atomic E-state index is -0.608. The molecule has 1 heterocycles. The summed E-state index contributed by atoms with van der Waals surface area (Å²) >= 11 is 0. The highest BCUT2D eigenvalue weighted by molar-refractivity contribution is 5.97. The number of primary amides is 1. The molecule has 0 radical (unpaired) electrons. The number of hydrogen-bond acceptors (Lipinski definition) is 5. The number of methoxy groups -OCH3 is 1. The molecule has 1 aliphatic carbocycles. The van der Waals surface area contributed by atoms with Gasteiger partial charge in [0.2, 0.25) is 5.91 Å². The summed E-state index contributed by atoms with van der Waals surface area (Å²) in [5.74, 6) is 0.304. The zero-order valence-electron chi connectivity index (χ0n) is 12.0.